The Balaban J connectivity index is 2.77. The van der Waals surface area contributed by atoms with Gasteiger partial charge in [0.15, 0.2) is 23.3 Å². The lowest BCUT2D eigenvalue weighted by atomic mass is 10.4. The summed E-state index contributed by atoms with van der Waals surface area (Å²) in [5, 5.41) is 4.96. The van der Waals surface area contributed by atoms with Crippen LogP contribution in [-0.2, 0) is 9.84 Å². The normalized spacial score (nSPS) is 11.3. The number of hydrogen-bond donors (Lipinski definition) is 2. The minimum Gasteiger partial charge on any atom is -0.371 e. The van der Waals surface area contributed by atoms with Crippen molar-refractivity contribution in [3.8, 4) is 0 Å². The zero-order chi connectivity index (χ0) is 13.1. The third-order valence-corrected chi connectivity index (χ3v) is 2.88. The van der Waals surface area contributed by atoms with Crippen molar-refractivity contribution in [2.45, 2.75) is 0 Å². The molecule has 0 amide bonds. The van der Waals surface area contributed by atoms with Crippen molar-refractivity contribution in [2.75, 3.05) is 36.2 Å². The minimum absolute atomic E-state index is 0.0114. The minimum atomic E-state index is -3.13. The summed E-state index contributed by atoms with van der Waals surface area (Å²) in [5.74, 6) is -2.11. The summed E-state index contributed by atoms with van der Waals surface area (Å²) in [6.45, 7) is 0.0114. The second-order valence-electron chi connectivity index (χ2n) is 3.46. The van der Waals surface area contributed by atoms with Gasteiger partial charge in [0, 0.05) is 25.9 Å². The molecular weight excluding hydrogens is 252 g/mol. The van der Waals surface area contributed by atoms with E-state index in [1.165, 1.54) is 7.05 Å². The van der Waals surface area contributed by atoms with Gasteiger partial charge in [-0.15, -0.1) is 0 Å². The summed E-state index contributed by atoms with van der Waals surface area (Å²) in [7, 11) is -1.69. The molecule has 1 aromatic rings. The van der Waals surface area contributed by atoms with Crippen molar-refractivity contribution in [1.29, 1.82) is 0 Å². The van der Waals surface area contributed by atoms with Crippen molar-refractivity contribution in [3.05, 3.63) is 17.7 Å². The smallest absolute Gasteiger partial charge is 0.168 e. The Morgan fingerprint density at radius 3 is 2.41 bits per heavy atom. The zero-order valence-corrected chi connectivity index (χ0v) is 10.2. The number of aromatic nitrogens is 1. The van der Waals surface area contributed by atoms with Crippen LogP contribution in [0.15, 0.2) is 6.07 Å². The van der Waals surface area contributed by atoms with Crippen molar-refractivity contribution < 1.29 is 17.2 Å². The lowest BCUT2D eigenvalue weighted by molar-refractivity contribution is 0.578. The van der Waals surface area contributed by atoms with Gasteiger partial charge in [-0.1, -0.05) is 0 Å². The predicted octanol–water partition coefficient (Wildman–Crippen LogP) is 0.858. The molecule has 17 heavy (non-hydrogen) atoms. The second kappa shape index (κ2) is 5.26. The van der Waals surface area contributed by atoms with Crippen LogP contribution in [0.4, 0.5) is 20.4 Å². The molecule has 1 rings (SSSR count). The Labute approximate surface area is 98.2 Å². The van der Waals surface area contributed by atoms with Crippen LogP contribution in [0.1, 0.15) is 0 Å². The maximum atomic E-state index is 13.2. The van der Waals surface area contributed by atoms with Crippen molar-refractivity contribution >= 4 is 21.5 Å². The molecule has 5 nitrogen and oxygen atoms in total. The highest BCUT2D eigenvalue weighted by Crippen LogP contribution is 2.18. The quantitative estimate of drug-likeness (QED) is 0.826. The van der Waals surface area contributed by atoms with Gasteiger partial charge >= 0.3 is 0 Å². The molecule has 0 aromatic carbocycles. The molecule has 0 aliphatic heterocycles. The number of nitrogens with one attached hydrogen (secondary N) is 2. The number of nitrogens with zero attached hydrogens (tertiary/aromatic N) is 1. The molecule has 2 N–H and O–H groups in total. The summed E-state index contributed by atoms with van der Waals surface area (Å²) in [6.07, 6.45) is 1.07. The first-order valence-electron chi connectivity index (χ1n) is 4.79. The molecular formula is C9H13F2N3O2S. The number of rotatable bonds is 5. The highest BCUT2D eigenvalue weighted by molar-refractivity contribution is 7.90. The Morgan fingerprint density at radius 2 is 1.88 bits per heavy atom. The van der Waals surface area contributed by atoms with Crippen LogP contribution in [0, 0.1) is 11.6 Å². The average molecular weight is 265 g/mol. The topological polar surface area (TPSA) is 71.1 Å². The molecule has 0 aliphatic rings. The molecule has 0 saturated carbocycles. The number of pyridine rings is 1. The third kappa shape index (κ3) is 4.14. The molecule has 0 spiro atoms. The highest BCUT2D eigenvalue weighted by atomic mass is 32.2. The van der Waals surface area contributed by atoms with Gasteiger partial charge in [0.05, 0.1) is 5.75 Å². The summed E-state index contributed by atoms with van der Waals surface area (Å²) in [6, 6.07) is 0.682. The maximum absolute atomic E-state index is 13.2. The van der Waals surface area contributed by atoms with E-state index in [4.69, 9.17) is 0 Å². The molecule has 0 atom stereocenters. The lowest BCUT2D eigenvalue weighted by Crippen LogP contribution is -2.16. The Kier molecular flexibility index (Phi) is 4.22. The molecule has 0 aliphatic carbocycles. The van der Waals surface area contributed by atoms with E-state index in [1.807, 2.05) is 0 Å². The van der Waals surface area contributed by atoms with E-state index in [9.17, 15) is 17.2 Å². The van der Waals surface area contributed by atoms with Crippen molar-refractivity contribution in [2.24, 2.45) is 0 Å². The van der Waals surface area contributed by atoms with Crippen LogP contribution >= 0.6 is 0 Å². The fraction of sp³-hybridized carbons (Fsp3) is 0.444. The first-order chi connectivity index (χ1) is 7.83. The van der Waals surface area contributed by atoms with Gasteiger partial charge in [-0.2, -0.15) is 0 Å². The van der Waals surface area contributed by atoms with Gasteiger partial charge in [0.2, 0.25) is 0 Å². The summed E-state index contributed by atoms with van der Waals surface area (Å²) in [4.78, 5) is 3.64. The fourth-order valence-electron chi connectivity index (χ4n) is 1.12. The van der Waals surface area contributed by atoms with Crippen LogP contribution in [0.5, 0.6) is 0 Å². The van der Waals surface area contributed by atoms with Crippen LogP contribution < -0.4 is 10.6 Å². The third-order valence-electron chi connectivity index (χ3n) is 1.93. The van der Waals surface area contributed by atoms with Gasteiger partial charge in [0.25, 0.3) is 0 Å². The van der Waals surface area contributed by atoms with E-state index in [-0.39, 0.29) is 23.9 Å². The Hall–Kier alpha value is -1.44. The van der Waals surface area contributed by atoms with Crippen LogP contribution in [0.3, 0.4) is 0 Å². The molecule has 0 fully saturated rings. The van der Waals surface area contributed by atoms with Gasteiger partial charge < -0.3 is 10.6 Å². The van der Waals surface area contributed by atoms with E-state index in [1.54, 1.807) is 0 Å². The average Bonchev–Trinajstić information content (AvgIpc) is 2.19. The van der Waals surface area contributed by atoms with Gasteiger partial charge in [-0.25, -0.2) is 22.2 Å². The van der Waals surface area contributed by atoms with Gasteiger partial charge in [-0.3, -0.25) is 0 Å². The van der Waals surface area contributed by atoms with Crippen LogP contribution in [-0.4, -0.2) is 39.0 Å². The number of anilines is 2. The maximum Gasteiger partial charge on any atom is 0.168 e. The molecule has 1 aromatic heterocycles. The monoisotopic (exact) mass is 265 g/mol. The number of hydrogen-bond acceptors (Lipinski definition) is 5. The Morgan fingerprint density at radius 1 is 1.29 bits per heavy atom. The van der Waals surface area contributed by atoms with Crippen molar-refractivity contribution in [3.63, 3.8) is 0 Å². The van der Waals surface area contributed by atoms with Gasteiger partial charge in [-0.05, 0) is 0 Å². The standard InChI is InChI=1S/C9H13F2N3O2S/c1-12-8-6(10)5-7(11)9(14-8)13-3-4-17(2,15)16/h5H,3-4H2,1-2H3,(H2,12,13,14). The van der Waals surface area contributed by atoms with Crippen molar-refractivity contribution in [1.82, 2.24) is 4.98 Å². The van der Waals surface area contributed by atoms with Crippen LogP contribution in [0.2, 0.25) is 0 Å². The lowest BCUT2D eigenvalue weighted by Gasteiger charge is -2.08. The summed E-state index contributed by atoms with van der Waals surface area (Å²) in [5.41, 5.74) is 0. The van der Waals surface area contributed by atoms with E-state index in [0.717, 1.165) is 6.26 Å². The molecule has 0 saturated heterocycles. The summed E-state index contributed by atoms with van der Waals surface area (Å²) >= 11 is 0. The molecule has 1 heterocycles. The zero-order valence-electron chi connectivity index (χ0n) is 9.42. The number of sulfone groups is 1. The fourth-order valence-corrected chi connectivity index (χ4v) is 1.59. The molecule has 0 bridgehead atoms. The molecule has 8 heteroatoms. The number of halogens is 2. The SMILES string of the molecule is CNc1nc(NCCS(C)(=O)=O)c(F)cc1F. The van der Waals surface area contributed by atoms with E-state index >= 15 is 0 Å². The molecule has 96 valence electrons. The molecule has 0 radical (unpaired) electrons. The van der Waals surface area contributed by atoms with E-state index in [2.05, 4.69) is 15.6 Å². The largest absolute Gasteiger partial charge is 0.371 e. The first kappa shape index (κ1) is 13.6. The Bertz CT molecular complexity index is 505. The highest BCUT2D eigenvalue weighted by Gasteiger charge is 2.11. The van der Waals surface area contributed by atoms with Crippen LogP contribution in [0.25, 0.3) is 0 Å². The molecule has 0 unspecified atom stereocenters. The van der Waals surface area contributed by atoms with E-state index in [0.29, 0.717) is 6.07 Å². The first-order valence-corrected chi connectivity index (χ1v) is 6.85. The second-order valence-corrected chi connectivity index (χ2v) is 5.72. The summed E-state index contributed by atoms with van der Waals surface area (Å²) < 4.78 is 48.0. The van der Waals surface area contributed by atoms with Gasteiger partial charge in [0.1, 0.15) is 9.84 Å². The predicted molar refractivity (Wildman–Crippen MR) is 61.9 cm³/mol. The van der Waals surface area contributed by atoms with E-state index < -0.39 is 21.5 Å².